The van der Waals surface area contributed by atoms with E-state index < -0.39 is 4.92 Å². The van der Waals surface area contributed by atoms with Crippen LogP contribution in [0.2, 0.25) is 0 Å². The predicted molar refractivity (Wildman–Crippen MR) is 92.4 cm³/mol. The molecule has 0 fully saturated rings. The Balaban J connectivity index is 1.87. The molecule has 0 aromatic heterocycles. The van der Waals surface area contributed by atoms with Gasteiger partial charge < -0.3 is 10.1 Å². The van der Waals surface area contributed by atoms with Gasteiger partial charge in [0.1, 0.15) is 11.6 Å². The Morgan fingerprint density at radius 2 is 2.08 bits per heavy atom. The van der Waals surface area contributed by atoms with Crippen LogP contribution >= 0.6 is 0 Å². The highest BCUT2D eigenvalue weighted by Gasteiger charge is 2.40. The topological polar surface area (TPSA) is 64.4 Å². The van der Waals surface area contributed by atoms with Gasteiger partial charge in [0.15, 0.2) is 0 Å². The first-order valence-electron chi connectivity index (χ1n) is 8.14. The van der Waals surface area contributed by atoms with Crippen molar-refractivity contribution in [1.29, 1.82) is 0 Å². The zero-order valence-corrected chi connectivity index (χ0v) is 13.6. The highest BCUT2D eigenvalue weighted by Crippen LogP contribution is 2.53. The number of hydrogen-bond acceptors (Lipinski definition) is 4. The van der Waals surface area contributed by atoms with Crippen molar-refractivity contribution in [2.24, 2.45) is 5.92 Å². The number of nitrogens with one attached hydrogen (secondary N) is 1. The summed E-state index contributed by atoms with van der Waals surface area (Å²) in [6.45, 7) is 0. The zero-order valence-electron chi connectivity index (χ0n) is 13.6. The number of halogens is 1. The van der Waals surface area contributed by atoms with Crippen molar-refractivity contribution in [3.63, 3.8) is 0 Å². The van der Waals surface area contributed by atoms with E-state index in [2.05, 4.69) is 17.5 Å². The maximum absolute atomic E-state index is 14.4. The van der Waals surface area contributed by atoms with E-state index in [1.165, 1.54) is 19.2 Å². The molecule has 2 aromatic rings. The van der Waals surface area contributed by atoms with E-state index in [4.69, 9.17) is 4.74 Å². The number of methoxy groups -OCH3 is 1. The van der Waals surface area contributed by atoms with Crippen molar-refractivity contribution in [2.75, 3.05) is 12.4 Å². The zero-order chi connectivity index (χ0) is 17.6. The molecule has 5 nitrogen and oxygen atoms in total. The van der Waals surface area contributed by atoms with Crippen LogP contribution in [0.5, 0.6) is 5.75 Å². The number of ether oxygens (including phenoxy) is 1. The van der Waals surface area contributed by atoms with E-state index in [0.29, 0.717) is 17.0 Å². The average molecular weight is 340 g/mol. The molecule has 0 amide bonds. The number of benzene rings is 2. The lowest BCUT2D eigenvalue weighted by molar-refractivity contribution is -0.385. The molecular formula is C19H17FN2O3. The number of rotatable bonds is 3. The van der Waals surface area contributed by atoms with Crippen molar-refractivity contribution in [3.05, 3.63) is 75.6 Å². The first kappa shape index (κ1) is 15.6. The molecule has 1 heterocycles. The normalized spacial score (nSPS) is 23.5. The molecule has 1 N–H and O–H groups in total. The highest BCUT2D eigenvalue weighted by atomic mass is 19.1. The quantitative estimate of drug-likeness (QED) is 0.505. The molecule has 2 aliphatic rings. The number of anilines is 1. The van der Waals surface area contributed by atoms with E-state index in [9.17, 15) is 14.5 Å². The van der Waals surface area contributed by atoms with Crippen LogP contribution in [0.4, 0.5) is 15.8 Å². The van der Waals surface area contributed by atoms with Crippen LogP contribution in [-0.2, 0) is 0 Å². The molecule has 0 spiro atoms. The fourth-order valence-electron chi connectivity index (χ4n) is 3.95. The van der Waals surface area contributed by atoms with Gasteiger partial charge in [-0.2, -0.15) is 0 Å². The average Bonchev–Trinajstić information content (AvgIpc) is 3.10. The summed E-state index contributed by atoms with van der Waals surface area (Å²) in [5.74, 6) is 0.255. The molecule has 1 aliphatic heterocycles. The number of non-ortho nitro benzene ring substituents is 1. The lowest BCUT2D eigenvalue weighted by atomic mass is 9.76. The number of nitro benzene ring substituents is 1. The van der Waals surface area contributed by atoms with Crippen molar-refractivity contribution in [2.45, 2.75) is 18.4 Å². The number of allylic oxidation sites excluding steroid dienone is 2. The van der Waals surface area contributed by atoms with Gasteiger partial charge in [-0.15, -0.1) is 0 Å². The summed E-state index contributed by atoms with van der Waals surface area (Å²) in [7, 11) is 1.48. The van der Waals surface area contributed by atoms with Crippen molar-refractivity contribution < 1.29 is 14.1 Å². The maximum Gasteiger partial charge on any atom is 0.273 e. The minimum absolute atomic E-state index is 0.000733. The predicted octanol–water partition coefficient (Wildman–Crippen LogP) is 4.57. The smallest absolute Gasteiger partial charge is 0.273 e. The third-order valence-electron chi connectivity index (χ3n) is 5.09. The van der Waals surface area contributed by atoms with Crippen molar-refractivity contribution in [3.8, 4) is 5.75 Å². The van der Waals surface area contributed by atoms with Gasteiger partial charge in [0.25, 0.3) is 5.69 Å². The van der Waals surface area contributed by atoms with Crippen molar-refractivity contribution >= 4 is 11.4 Å². The van der Waals surface area contributed by atoms with Gasteiger partial charge in [0.05, 0.1) is 29.8 Å². The summed E-state index contributed by atoms with van der Waals surface area (Å²) in [5.41, 5.74) is 2.14. The van der Waals surface area contributed by atoms with E-state index in [1.807, 2.05) is 6.07 Å². The van der Waals surface area contributed by atoms with E-state index >= 15 is 0 Å². The van der Waals surface area contributed by atoms with E-state index in [-0.39, 0.29) is 29.4 Å². The molecular weight excluding hydrogens is 323 g/mol. The number of nitrogens with zero attached hydrogens (tertiary/aromatic N) is 1. The Morgan fingerprint density at radius 3 is 2.80 bits per heavy atom. The van der Waals surface area contributed by atoms with Gasteiger partial charge in [0, 0.05) is 17.5 Å². The summed E-state index contributed by atoms with van der Waals surface area (Å²) in [4.78, 5) is 10.8. The lowest BCUT2D eigenvalue weighted by Gasteiger charge is -2.38. The third-order valence-corrected chi connectivity index (χ3v) is 5.09. The van der Waals surface area contributed by atoms with E-state index in [1.54, 1.807) is 18.2 Å². The fraction of sp³-hybridized carbons (Fsp3) is 0.263. The second-order valence-corrected chi connectivity index (χ2v) is 6.37. The van der Waals surface area contributed by atoms with Crippen LogP contribution in [-0.4, -0.2) is 12.0 Å². The second kappa shape index (κ2) is 5.88. The highest BCUT2D eigenvalue weighted by molar-refractivity contribution is 5.71. The minimum atomic E-state index is -0.417. The van der Waals surface area contributed by atoms with Gasteiger partial charge in [-0.1, -0.05) is 30.4 Å². The van der Waals surface area contributed by atoms with Crippen LogP contribution in [0, 0.1) is 21.8 Å². The van der Waals surface area contributed by atoms with E-state index in [0.717, 1.165) is 12.0 Å². The molecule has 0 bridgehead atoms. The minimum Gasteiger partial charge on any atom is -0.494 e. The second-order valence-electron chi connectivity index (χ2n) is 6.37. The number of nitro groups is 1. The number of hydrogen-bond donors (Lipinski definition) is 1. The van der Waals surface area contributed by atoms with Gasteiger partial charge in [-0.05, 0) is 24.0 Å². The van der Waals surface area contributed by atoms with Crippen LogP contribution < -0.4 is 10.1 Å². The van der Waals surface area contributed by atoms with Gasteiger partial charge >= 0.3 is 0 Å². The fourth-order valence-corrected chi connectivity index (χ4v) is 3.95. The first-order chi connectivity index (χ1) is 12.1. The van der Waals surface area contributed by atoms with Gasteiger partial charge in [-0.3, -0.25) is 10.1 Å². The largest absolute Gasteiger partial charge is 0.494 e. The Hall–Kier alpha value is -2.89. The summed E-state index contributed by atoms with van der Waals surface area (Å²) in [6.07, 6.45) is 4.91. The molecule has 0 unspecified atom stereocenters. The number of fused-ring (bicyclic) bond motifs is 3. The van der Waals surface area contributed by atoms with Gasteiger partial charge in [0.2, 0.25) is 0 Å². The molecule has 25 heavy (non-hydrogen) atoms. The molecule has 3 atom stereocenters. The summed E-state index contributed by atoms with van der Waals surface area (Å²) >= 11 is 0. The van der Waals surface area contributed by atoms with Crippen LogP contribution in [0.1, 0.15) is 29.5 Å². The standard InChI is InChI=1S/C19H17FN2O3/c1-25-17-10-11(22(23)24)9-15-12-6-4-7-13(12)18(21-19(15)17)14-5-2-3-8-16(14)20/h2-6,8-10,12-13,18,21H,7H2,1H3/t12-,13-,18+/m0/s1. The molecule has 0 saturated heterocycles. The first-order valence-corrected chi connectivity index (χ1v) is 8.14. The van der Waals surface area contributed by atoms with Gasteiger partial charge in [-0.25, -0.2) is 4.39 Å². The molecule has 2 aromatic carbocycles. The molecule has 128 valence electrons. The maximum atomic E-state index is 14.4. The van der Waals surface area contributed by atoms with Crippen LogP contribution in [0.25, 0.3) is 0 Å². The summed E-state index contributed by atoms with van der Waals surface area (Å²) in [5, 5.41) is 14.6. The lowest BCUT2D eigenvalue weighted by Crippen LogP contribution is -2.30. The Labute approximate surface area is 144 Å². The molecule has 6 heteroatoms. The Bertz CT molecular complexity index is 881. The molecule has 0 saturated carbocycles. The van der Waals surface area contributed by atoms with Crippen molar-refractivity contribution in [1.82, 2.24) is 0 Å². The van der Waals surface area contributed by atoms with Crippen LogP contribution in [0.15, 0.2) is 48.6 Å². The summed E-state index contributed by atoms with van der Waals surface area (Å²) < 4.78 is 19.8. The monoisotopic (exact) mass is 340 g/mol. The third kappa shape index (κ3) is 2.45. The van der Waals surface area contributed by atoms with Crippen LogP contribution in [0.3, 0.4) is 0 Å². The summed E-state index contributed by atoms with van der Waals surface area (Å²) in [6, 6.07) is 9.51. The Morgan fingerprint density at radius 1 is 1.28 bits per heavy atom. The molecule has 1 aliphatic carbocycles. The SMILES string of the molecule is COc1cc([N+](=O)[O-])cc2c1N[C@@H](c1ccccc1F)[C@H]1CC=C[C@H]21. The molecule has 4 rings (SSSR count). The Kier molecular flexibility index (Phi) is 3.67. The molecule has 0 radical (unpaired) electrons.